The van der Waals surface area contributed by atoms with E-state index in [1.165, 1.54) is 0 Å². The molecule has 0 radical (unpaired) electrons. The molecule has 0 saturated carbocycles. The molecule has 2 aromatic carbocycles. The monoisotopic (exact) mass is 258 g/mol. The lowest BCUT2D eigenvalue weighted by Gasteiger charge is -1.96. The summed E-state index contributed by atoms with van der Waals surface area (Å²) in [5.41, 5.74) is 3.55. The van der Waals surface area contributed by atoms with E-state index in [-0.39, 0.29) is 0 Å². The molecule has 0 saturated heterocycles. The van der Waals surface area contributed by atoms with E-state index in [0.29, 0.717) is 10.9 Å². The summed E-state index contributed by atoms with van der Waals surface area (Å²) >= 11 is 5.86. The molecule has 0 spiro atoms. The average molecular weight is 259 g/mol. The number of nitrogens with zero attached hydrogens (tertiary/aromatic N) is 1. The van der Waals surface area contributed by atoms with E-state index in [9.17, 15) is 0 Å². The molecule has 1 heterocycles. The highest BCUT2D eigenvalue weighted by atomic mass is 35.5. The smallest absolute Gasteiger partial charge is 0.227 e. The molecule has 90 valence electrons. The van der Waals surface area contributed by atoms with Gasteiger partial charge in [0.05, 0.1) is 0 Å². The van der Waals surface area contributed by atoms with Crippen LogP contribution < -0.4 is 5.32 Å². The molecule has 1 N–H and O–H groups in total. The summed E-state index contributed by atoms with van der Waals surface area (Å²) in [4.78, 5) is 4.47. The third-order valence-electron chi connectivity index (χ3n) is 2.77. The van der Waals surface area contributed by atoms with Gasteiger partial charge in [0.15, 0.2) is 5.58 Å². The van der Waals surface area contributed by atoms with Crippen molar-refractivity contribution in [2.75, 3.05) is 12.4 Å². The largest absolute Gasteiger partial charge is 0.436 e. The number of halogens is 1. The van der Waals surface area contributed by atoms with E-state index >= 15 is 0 Å². The summed E-state index contributed by atoms with van der Waals surface area (Å²) in [5.74, 6) is 0.606. The van der Waals surface area contributed by atoms with E-state index < -0.39 is 0 Å². The Hall–Kier alpha value is -2.00. The fourth-order valence-corrected chi connectivity index (χ4v) is 1.92. The fraction of sp³-hybridized carbons (Fsp3) is 0.0714. The summed E-state index contributed by atoms with van der Waals surface area (Å²) in [7, 11) is 1.88. The third-order valence-corrected chi connectivity index (χ3v) is 3.02. The van der Waals surface area contributed by atoms with Gasteiger partial charge in [0.2, 0.25) is 5.89 Å². The average Bonchev–Trinajstić information content (AvgIpc) is 2.82. The van der Waals surface area contributed by atoms with Gasteiger partial charge in [-0.25, -0.2) is 4.98 Å². The molecular formula is C14H11ClN2O. The Morgan fingerprint density at radius 2 is 1.89 bits per heavy atom. The van der Waals surface area contributed by atoms with Gasteiger partial charge in [0, 0.05) is 23.3 Å². The maximum absolute atomic E-state index is 5.86. The highest BCUT2D eigenvalue weighted by molar-refractivity contribution is 6.30. The van der Waals surface area contributed by atoms with Crippen LogP contribution in [0.4, 0.5) is 5.69 Å². The molecule has 0 aliphatic carbocycles. The topological polar surface area (TPSA) is 38.1 Å². The van der Waals surface area contributed by atoms with Crippen molar-refractivity contribution in [3.05, 3.63) is 47.5 Å². The number of anilines is 1. The highest BCUT2D eigenvalue weighted by Crippen LogP contribution is 2.26. The summed E-state index contributed by atoms with van der Waals surface area (Å²) in [6, 6.07) is 13.3. The molecule has 3 nitrogen and oxygen atoms in total. The number of nitrogens with one attached hydrogen (secondary N) is 1. The van der Waals surface area contributed by atoms with Crippen LogP contribution in [-0.4, -0.2) is 12.0 Å². The molecule has 0 amide bonds. The summed E-state index contributed by atoms with van der Waals surface area (Å²) < 4.78 is 5.71. The van der Waals surface area contributed by atoms with E-state index in [2.05, 4.69) is 10.3 Å². The highest BCUT2D eigenvalue weighted by Gasteiger charge is 2.08. The first-order valence-electron chi connectivity index (χ1n) is 5.60. The molecular weight excluding hydrogens is 248 g/mol. The number of aromatic nitrogens is 1. The van der Waals surface area contributed by atoms with Crippen molar-refractivity contribution in [1.29, 1.82) is 0 Å². The van der Waals surface area contributed by atoms with E-state index in [1.807, 2.05) is 49.5 Å². The van der Waals surface area contributed by atoms with Crippen LogP contribution in [0.5, 0.6) is 0 Å². The van der Waals surface area contributed by atoms with Crippen molar-refractivity contribution in [3.8, 4) is 11.5 Å². The SMILES string of the molecule is CNc1ccc2oc(-c3ccc(Cl)cc3)nc2c1. The molecule has 0 fully saturated rings. The van der Waals surface area contributed by atoms with Crippen molar-refractivity contribution >= 4 is 28.4 Å². The molecule has 0 aliphatic heterocycles. The second-order valence-electron chi connectivity index (χ2n) is 3.96. The van der Waals surface area contributed by atoms with Crippen LogP contribution in [0.15, 0.2) is 46.9 Å². The number of hydrogen-bond acceptors (Lipinski definition) is 3. The predicted molar refractivity (Wildman–Crippen MR) is 74.0 cm³/mol. The van der Waals surface area contributed by atoms with Crippen LogP contribution in [0, 0.1) is 0 Å². The lowest BCUT2D eigenvalue weighted by molar-refractivity contribution is 0.620. The Bertz CT molecular complexity index is 689. The van der Waals surface area contributed by atoms with E-state index in [1.54, 1.807) is 0 Å². The Morgan fingerprint density at radius 1 is 1.11 bits per heavy atom. The normalized spacial score (nSPS) is 10.8. The zero-order valence-corrected chi connectivity index (χ0v) is 10.5. The van der Waals surface area contributed by atoms with Crippen LogP contribution in [-0.2, 0) is 0 Å². The lowest BCUT2D eigenvalue weighted by atomic mass is 10.2. The molecule has 0 atom stereocenters. The van der Waals surface area contributed by atoms with Gasteiger partial charge in [-0.15, -0.1) is 0 Å². The fourth-order valence-electron chi connectivity index (χ4n) is 1.80. The molecule has 0 aliphatic rings. The van der Waals surface area contributed by atoms with Crippen molar-refractivity contribution in [2.45, 2.75) is 0 Å². The second kappa shape index (κ2) is 4.35. The zero-order valence-electron chi connectivity index (χ0n) is 9.77. The first-order chi connectivity index (χ1) is 8.76. The first-order valence-corrected chi connectivity index (χ1v) is 5.98. The van der Waals surface area contributed by atoms with Gasteiger partial charge < -0.3 is 9.73 Å². The van der Waals surface area contributed by atoms with Crippen molar-refractivity contribution < 1.29 is 4.42 Å². The number of benzene rings is 2. The van der Waals surface area contributed by atoms with E-state index in [4.69, 9.17) is 16.0 Å². The minimum absolute atomic E-state index is 0.606. The van der Waals surface area contributed by atoms with Crippen LogP contribution >= 0.6 is 11.6 Å². The van der Waals surface area contributed by atoms with Gasteiger partial charge in [-0.1, -0.05) is 11.6 Å². The minimum Gasteiger partial charge on any atom is -0.436 e. The molecule has 0 unspecified atom stereocenters. The van der Waals surface area contributed by atoms with Gasteiger partial charge >= 0.3 is 0 Å². The maximum atomic E-state index is 5.86. The minimum atomic E-state index is 0.606. The molecule has 4 heteroatoms. The quantitative estimate of drug-likeness (QED) is 0.749. The van der Waals surface area contributed by atoms with Gasteiger partial charge in [0.25, 0.3) is 0 Å². The van der Waals surface area contributed by atoms with Gasteiger partial charge in [-0.3, -0.25) is 0 Å². The summed E-state index contributed by atoms with van der Waals surface area (Å²) in [5, 5.41) is 3.78. The molecule has 3 aromatic rings. The molecule has 0 bridgehead atoms. The zero-order chi connectivity index (χ0) is 12.5. The van der Waals surface area contributed by atoms with Crippen LogP contribution in [0.3, 0.4) is 0 Å². The van der Waals surface area contributed by atoms with Crippen LogP contribution in [0.25, 0.3) is 22.6 Å². The third kappa shape index (κ3) is 1.93. The molecule has 3 rings (SSSR count). The van der Waals surface area contributed by atoms with Crippen molar-refractivity contribution in [3.63, 3.8) is 0 Å². The van der Waals surface area contributed by atoms with E-state index in [0.717, 1.165) is 22.4 Å². The van der Waals surface area contributed by atoms with Gasteiger partial charge in [0.1, 0.15) is 5.52 Å². The van der Waals surface area contributed by atoms with Crippen LogP contribution in [0.2, 0.25) is 5.02 Å². The lowest BCUT2D eigenvalue weighted by Crippen LogP contribution is -1.86. The van der Waals surface area contributed by atoms with Gasteiger partial charge in [-0.2, -0.15) is 0 Å². The van der Waals surface area contributed by atoms with Crippen molar-refractivity contribution in [2.24, 2.45) is 0 Å². The maximum Gasteiger partial charge on any atom is 0.227 e. The van der Waals surface area contributed by atoms with Gasteiger partial charge in [-0.05, 0) is 42.5 Å². The Labute approximate surface area is 109 Å². The summed E-state index contributed by atoms with van der Waals surface area (Å²) in [6.07, 6.45) is 0. The molecule has 1 aromatic heterocycles. The number of rotatable bonds is 2. The second-order valence-corrected chi connectivity index (χ2v) is 4.39. The number of oxazole rings is 1. The van der Waals surface area contributed by atoms with Crippen LogP contribution in [0.1, 0.15) is 0 Å². The number of fused-ring (bicyclic) bond motifs is 1. The number of hydrogen-bond donors (Lipinski definition) is 1. The molecule has 18 heavy (non-hydrogen) atoms. The Balaban J connectivity index is 2.10. The Kier molecular flexibility index (Phi) is 2.68. The standard InChI is InChI=1S/C14H11ClN2O/c1-16-11-6-7-13-12(8-11)17-14(18-13)9-2-4-10(15)5-3-9/h2-8,16H,1H3. The predicted octanol–water partition coefficient (Wildman–Crippen LogP) is 4.19. The van der Waals surface area contributed by atoms with Crippen molar-refractivity contribution in [1.82, 2.24) is 4.98 Å². The first kappa shape index (κ1) is 11.1. The Morgan fingerprint density at radius 3 is 2.61 bits per heavy atom. The summed E-state index contributed by atoms with van der Waals surface area (Å²) in [6.45, 7) is 0.